The van der Waals surface area contributed by atoms with Gasteiger partial charge in [-0.3, -0.25) is 4.79 Å². The summed E-state index contributed by atoms with van der Waals surface area (Å²) in [4.78, 5) is 10.8. The van der Waals surface area contributed by atoms with Crippen molar-refractivity contribution in [1.82, 2.24) is 5.32 Å². The zero-order chi connectivity index (χ0) is 11.8. The third-order valence-electron chi connectivity index (χ3n) is 0.801. The molecule has 0 bridgehead atoms. The van der Waals surface area contributed by atoms with Crippen LogP contribution in [0.3, 0.4) is 0 Å². The fraction of sp³-hybridized carbons (Fsp3) is 0.875. The maximum Gasteiger partial charge on any atom is 0.217 e. The molecule has 0 saturated heterocycles. The van der Waals surface area contributed by atoms with Gasteiger partial charge in [-0.2, -0.15) is 0 Å². The summed E-state index contributed by atoms with van der Waals surface area (Å²) in [6.45, 7) is 5.23. The first kappa shape index (κ1) is 4.37. The van der Waals surface area contributed by atoms with Crippen molar-refractivity contribution >= 4 is 5.91 Å². The summed E-state index contributed by atoms with van der Waals surface area (Å²) in [6, 6.07) is -1.80. The van der Waals surface area contributed by atoms with Crippen molar-refractivity contribution in [2.24, 2.45) is 5.89 Å². The zero-order valence-corrected chi connectivity index (χ0v) is 6.91. The number of rotatable bonds is 3. The highest BCUT2D eigenvalue weighted by Crippen LogP contribution is 2.02. The molecular formula is C8H17NO. The monoisotopic (exact) mass is 147 g/mol. The highest BCUT2D eigenvalue weighted by molar-refractivity contribution is 5.73. The molecule has 60 valence electrons. The second kappa shape index (κ2) is 4.31. The van der Waals surface area contributed by atoms with Crippen LogP contribution < -0.4 is 5.32 Å². The third kappa shape index (κ3) is 5.60. The molecule has 1 N–H and O–H groups in total. The average Bonchev–Trinajstić information content (AvgIpc) is 1.80. The van der Waals surface area contributed by atoms with Gasteiger partial charge in [0.15, 0.2) is 0 Å². The molecule has 0 aliphatic carbocycles. The van der Waals surface area contributed by atoms with Gasteiger partial charge in [0.1, 0.15) is 0 Å². The molecule has 1 atom stereocenters. The Kier molecular flexibility index (Phi) is 1.88. The van der Waals surface area contributed by atoms with Gasteiger partial charge in [-0.1, -0.05) is 13.8 Å². The normalized spacial score (nSPS) is 24.8. The van der Waals surface area contributed by atoms with E-state index in [1.165, 1.54) is 27.7 Å². The van der Waals surface area contributed by atoms with Gasteiger partial charge in [-0.15, -0.1) is 0 Å². The predicted molar refractivity (Wildman–Crippen MR) is 42.7 cm³/mol. The van der Waals surface area contributed by atoms with Gasteiger partial charge < -0.3 is 5.32 Å². The van der Waals surface area contributed by atoms with Crippen LogP contribution in [0.5, 0.6) is 0 Å². The minimum Gasteiger partial charge on any atom is -0.354 e. The molecule has 0 rings (SSSR count). The molecule has 0 spiro atoms. The van der Waals surface area contributed by atoms with Crippen molar-refractivity contribution in [1.29, 1.82) is 0 Å². The Morgan fingerprint density at radius 2 is 2.20 bits per heavy atom. The number of carbonyl (C=O) groups excluding carboxylic acids is 1. The Bertz CT molecular complexity index is 232. The maximum atomic E-state index is 10.8. The summed E-state index contributed by atoms with van der Waals surface area (Å²) >= 11 is 0. The van der Waals surface area contributed by atoms with Gasteiger partial charge in [-0.05, 0) is 19.2 Å². The van der Waals surface area contributed by atoms with Crippen LogP contribution in [0.1, 0.15) is 39.6 Å². The summed E-state index contributed by atoms with van der Waals surface area (Å²) in [5, 5.41) is 2.20. The lowest BCUT2D eigenvalue weighted by molar-refractivity contribution is -0.119. The number of nitrogens with one attached hydrogen (secondary N) is 1. The summed E-state index contributed by atoms with van der Waals surface area (Å²) in [7, 11) is 0. The van der Waals surface area contributed by atoms with Gasteiger partial charge in [0.2, 0.25) is 5.91 Å². The molecule has 2 heteroatoms. The Morgan fingerprint density at radius 3 is 2.50 bits per heavy atom. The summed E-state index contributed by atoms with van der Waals surface area (Å²) < 4.78 is 30.6. The smallest absolute Gasteiger partial charge is 0.217 e. The van der Waals surface area contributed by atoms with Crippen LogP contribution in [-0.4, -0.2) is 11.9 Å². The van der Waals surface area contributed by atoms with Crippen LogP contribution in [0, 0.1) is 5.89 Å². The van der Waals surface area contributed by atoms with Gasteiger partial charge in [0.05, 0.1) is 1.37 Å². The molecule has 2 nitrogen and oxygen atoms in total. The Hall–Kier alpha value is -0.530. The van der Waals surface area contributed by atoms with Crippen molar-refractivity contribution in [3.8, 4) is 0 Å². The summed E-state index contributed by atoms with van der Waals surface area (Å²) in [6.07, 6.45) is -2.13. The number of amides is 1. The molecule has 0 aliphatic rings. The summed E-state index contributed by atoms with van der Waals surface area (Å²) in [5.74, 6) is -1.93. The van der Waals surface area contributed by atoms with Gasteiger partial charge in [-0.25, -0.2) is 0 Å². The minimum absolute atomic E-state index is 0.476. The van der Waals surface area contributed by atoms with Gasteiger partial charge in [0, 0.05) is 17.1 Å². The lowest BCUT2D eigenvalue weighted by atomic mass is 10.1. The lowest BCUT2D eigenvalue weighted by Gasteiger charge is -2.13. The van der Waals surface area contributed by atoms with E-state index in [0.717, 1.165) is 0 Å². The average molecular weight is 147 g/mol. The predicted octanol–water partition coefficient (Wildman–Crippen LogP) is 1.56. The molecular weight excluding hydrogens is 126 g/mol. The van der Waals surface area contributed by atoms with Crippen LogP contribution in [0.25, 0.3) is 0 Å². The first-order valence-corrected chi connectivity index (χ1v) is 3.20. The fourth-order valence-electron chi connectivity index (χ4n) is 0.670. The van der Waals surface area contributed by atoms with E-state index in [1.807, 2.05) is 0 Å². The topological polar surface area (TPSA) is 29.1 Å². The molecule has 1 amide bonds. The highest BCUT2D eigenvalue weighted by Gasteiger charge is 2.04. The van der Waals surface area contributed by atoms with Crippen LogP contribution in [0.15, 0.2) is 0 Å². The van der Waals surface area contributed by atoms with Crippen LogP contribution in [0.4, 0.5) is 0 Å². The maximum absolute atomic E-state index is 10.8. The Morgan fingerprint density at radius 1 is 1.70 bits per heavy atom. The van der Waals surface area contributed by atoms with E-state index >= 15 is 0 Å². The van der Waals surface area contributed by atoms with Crippen molar-refractivity contribution < 1.29 is 10.3 Å². The SMILES string of the molecule is [2H]C(C)(C)C([2H])([2H])[C@]([2H])(C)NC(C)=O. The van der Waals surface area contributed by atoms with E-state index in [9.17, 15) is 4.79 Å². The molecule has 10 heavy (non-hydrogen) atoms. The van der Waals surface area contributed by atoms with Crippen molar-refractivity contribution in [3.05, 3.63) is 0 Å². The molecule has 0 unspecified atom stereocenters. The molecule has 0 heterocycles. The quantitative estimate of drug-likeness (QED) is 0.645. The second-order valence-electron chi connectivity index (χ2n) is 2.43. The van der Waals surface area contributed by atoms with E-state index in [2.05, 4.69) is 5.32 Å². The second-order valence-corrected chi connectivity index (χ2v) is 2.43. The van der Waals surface area contributed by atoms with E-state index in [4.69, 9.17) is 5.48 Å². The molecule has 0 aromatic heterocycles. The summed E-state index contributed by atoms with van der Waals surface area (Å²) in [5.41, 5.74) is 0. The largest absolute Gasteiger partial charge is 0.354 e. The molecule has 0 saturated carbocycles. The molecule has 0 aliphatic heterocycles. The lowest BCUT2D eigenvalue weighted by Crippen LogP contribution is -2.31. The van der Waals surface area contributed by atoms with E-state index in [0.29, 0.717) is 0 Å². The molecule has 0 aromatic carbocycles. The van der Waals surface area contributed by atoms with Crippen molar-refractivity contribution in [2.75, 3.05) is 0 Å². The van der Waals surface area contributed by atoms with Crippen molar-refractivity contribution in [2.45, 2.75) is 40.1 Å². The number of carbonyl (C=O) groups is 1. The Labute approximate surface area is 68.6 Å². The van der Waals surface area contributed by atoms with Crippen molar-refractivity contribution in [3.63, 3.8) is 0 Å². The number of hydrogen-bond acceptors (Lipinski definition) is 1. The first-order chi connectivity index (χ1) is 5.92. The van der Waals surface area contributed by atoms with Gasteiger partial charge >= 0.3 is 0 Å². The first-order valence-electron chi connectivity index (χ1n) is 5.20. The van der Waals surface area contributed by atoms with Crippen LogP contribution >= 0.6 is 0 Å². The number of hydrogen-bond donors (Lipinski definition) is 1. The Balaban J connectivity index is 4.97. The van der Waals surface area contributed by atoms with E-state index in [-0.39, 0.29) is 0 Å². The zero-order valence-electron chi connectivity index (χ0n) is 10.9. The molecule has 0 aromatic rings. The fourth-order valence-corrected chi connectivity index (χ4v) is 0.670. The van der Waals surface area contributed by atoms with Crippen LogP contribution in [-0.2, 0) is 4.79 Å². The molecule has 0 radical (unpaired) electrons. The van der Waals surface area contributed by atoms with Gasteiger partial charge in [0.25, 0.3) is 0 Å². The van der Waals surface area contributed by atoms with E-state index < -0.39 is 24.2 Å². The minimum atomic E-state index is -2.13. The third-order valence-corrected chi connectivity index (χ3v) is 0.801. The standard InChI is InChI=1S/C8H17NO/c1-6(2)5-7(3)9-8(4)10/h6-7H,5H2,1-4H3,(H,9,10)/t7-/m0/s1/i5D2,6D,7D. The molecule has 0 fully saturated rings. The van der Waals surface area contributed by atoms with E-state index in [1.54, 1.807) is 0 Å². The van der Waals surface area contributed by atoms with Crippen LogP contribution in [0.2, 0.25) is 0 Å². The highest BCUT2D eigenvalue weighted by atomic mass is 16.1.